The Balaban J connectivity index is 1.67. The number of ether oxygens (including phenoxy) is 2. The average Bonchev–Trinajstić information content (AvgIpc) is 2.97. The van der Waals surface area contributed by atoms with E-state index in [1.54, 1.807) is 0 Å². The number of imidazole rings is 1. The third kappa shape index (κ3) is 4.02. The summed E-state index contributed by atoms with van der Waals surface area (Å²) in [4.78, 5) is 25.9. The zero-order chi connectivity index (χ0) is 18.9. The van der Waals surface area contributed by atoms with Gasteiger partial charge in [0.2, 0.25) is 0 Å². The Hall–Kier alpha value is -3.31. The summed E-state index contributed by atoms with van der Waals surface area (Å²) in [7, 11) is 0. The van der Waals surface area contributed by atoms with Crippen LogP contribution in [0.4, 0.5) is 19.0 Å². The molecule has 2 aromatic rings. The van der Waals surface area contributed by atoms with Gasteiger partial charge >= 0.3 is 18.2 Å². The number of fused-ring (bicyclic) bond motifs is 1. The number of halogens is 3. The first kappa shape index (κ1) is 17.5. The molecule has 0 saturated carbocycles. The maximum absolute atomic E-state index is 12.3. The third-order valence-electron chi connectivity index (χ3n) is 3.41. The summed E-state index contributed by atoms with van der Waals surface area (Å²) < 4.78 is 47.1. The number of nitrogens with zero attached hydrogens (tertiary/aromatic N) is 3. The Morgan fingerprint density at radius 3 is 2.92 bits per heavy atom. The zero-order valence-corrected chi connectivity index (χ0v) is 12.9. The molecule has 138 valence electrons. The van der Waals surface area contributed by atoms with E-state index in [2.05, 4.69) is 15.0 Å². The lowest BCUT2D eigenvalue weighted by molar-refractivity contribution is -0.389. The molecule has 1 N–H and O–H groups in total. The van der Waals surface area contributed by atoms with Crippen LogP contribution in [0.25, 0.3) is 0 Å². The van der Waals surface area contributed by atoms with Crippen LogP contribution in [0.5, 0.6) is 11.8 Å². The summed E-state index contributed by atoms with van der Waals surface area (Å²) in [5.41, 5.74) is -0.0332. The number of nitro groups is 1. The fourth-order valence-electron chi connectivity index (χ4n) is 2.38. The molecule has 1 aromatic heterocycles. The molecule has 26 heavy (non-hydrogen) atoms. The van der Waals surface area contributed by atoms with Gasteiger partial charge < -0.3 is 24.9 Å². The van der Waals surface area contributed by atoms with Crippen molar-refractivity contribution in [2.24, 2.45) is 0 Å². The van der Waals surface area contributed by atoms with Crippen LogP contribution in [0.1, 0.15) is 10.4 Å². The Bertz CT molecular complexity index is 851. The highest BCUT2D eigenvalue weighted by atomic mass is 19.4. The highest BCUT2D eigenvalue weighted by Crippen LogP contribution is 2.24. The number of carbonyl (C=O) groups excluding carboxylic acids is 1. The number of benzene rings is 1. The highest BCUT2D eigenvalue weighted by molar-refractivity contribution is 5.94. The van der Waals surface area contributed by atoms with Crippen LogP contribution in [0, 0.1) is 10.1 Å². The SMILES string of the molecule is O=C(N[C@H]1COc2nc([N+](=O)[O-])cn2C1)c1cccc(OC(F)(F)F)c1. The summed E-state index contributed by atoms with van der Waals surface area (Å²) in [5.74, 6) is -1.54. The van der Waals surface area contributed by atoms with Gasteiger partial charge in [-0.25, -0.2) is 0 Å². The van der Waals surface area contributed by atoms with Crippen molar-refractivity contribution in [3.63, 3.8) is 0 Å². The highest BCUT2D eigenvalue weighted by Gasteiger charge is 2.32. The number of aromatic nitrogens is 2. The number of rotatable bonds is 4. The maximum Gasteiger partial charge on any atom is 0.573 e. The van der Waals surface area contributed by atoms with Crippen molar-refractivity contribution in [1.29, 1.82) is 0 Å². The van der Waals surface area contributed by atoms with Crippen LogP contribution in [0.15, 0.2) is 30.5 Å². The minimum Gasteiger partial charge on any atom is -0.444 e. The molecule has 1 amide bonds. The van der Waals surface area contributed by atoms with Gasteiger partial charge in [-0.15, -0.1) is 13.2 Å². The lowest BCUT2D eigenvalue weighted by atomic mass is 10.2. The molecule has 0 bridgehead atoms. The van der Waals surface area contributed by atoms with Gasteiger partial charge in [0.1, 0.15) is 18.6 Å². The van der Waals surface area contributed by atoms with Crippen LogP contribution in [0.2, 0.25) is 0 Å². The first-order chi connectivity index (χ1) is 12.2. The molecular formula is C14H11F3N4O5. The Morgan fingerprint density at radius 2 is 2.23 bits per heavy atom. The molecule has 0 spiro atoms. The first-order valence-electron chi connectivity index (χ1n) is 7.22. The van der Waals surface area contributed by atoms with E-state index in [1.807, 2.05) is 0 Å². The van der Waals surface area contributed by atoms with Crippen molar-refractivity contribution < 1.29 is 32.4 Å². The van der Waals surface area contributed by atoms with Crippen molar-refractivity contribution in [2.45, 2.75) is 18.9 Å². The van der Waals surface area contributed by atoms with Crippen LogP contribution in [0.3, 0.4) is 0 Å². The second-order valence-electron chi connectivity index (χ2n) is 5.35. The van der Waals surface area contributed by atoms with Gasteiger partial charge in [-0.1, -0.05) is 6.07 Å². The minimum atomic E-state index is -4.86. The number of alkyl halides is 3. The summed E-state index contributed by atoms with van der Waals surface area (Å²) in [6.45, 7) is 0.180. The summed E-state index contributed by atoms with van der Waals surface area (Å²) in [6, 6.07) is 4.13. The smallest absolute Gasteiger partial charge is 0.444 e. The second kappa shape index (κ2) is 6.54. The topological polar surface area (TPSA) is 109 Å². The summed E-state index contributed by atoms with van der Waals surface area (Å²) in [6.07, 6.45) is -3.69. The van der Waals surface area contributed by atoms with Crippen molar-refractivity contribution >= 4 is 11.7 Å². The van der Waals surface area contributed by atoms with Crippen LogP contribution < -0.4 is 14.8 Å². The lowest BCUT2D eigenvalue weighted by Crippen LogP contribution is -2.44. The average molecular weight is 372 g/mol. The van der Waals surface area contributed by atoms with Crippen LogP contribution in [-0.2, 0) is 6.54 Å². The second-order valence-corrected chi connectivity index (χ2v) is 5.35. The molecule has 12 heteroatoms. The third-order valence-corrected chi connectivity index (χ3v) is 3.41. The largest absolute Gasteiger partial charge is 0.573 e. The number of carbonyl (C=O) groups is 1. The van der Waals surface area contributed by atoms with Gasteiger partial charge in [-0.05, 0) is 23.1 Å². The minimum absolute atomic E-state index is 0.0125. The molecule has 1 aliphatic rings. The predicted octanol–water partition coefficient (Wildman–Crippen LogP) is 1.88. The maximum atomic E-state index is 12.3. The molecule has 0 unspecified atom stereocenters. The predicted molar refractivity (Wildman–Crippen MR) is 78.8 cm³/mol. The number of hydrogen-bond donors (Lipinski definition) is 1. The molecule has 2 heterocycles. The van der Waals surface area contributed by atoms with Crippen molar-refractivity contribution in [2.75, 3.05) is 6.61 Å². The molecule has 1 aliphatic heterocycles. The van der Waals surface area contributed by atoms with Crippen molar-refractivity contribution in [3.05, 3.63) is 46.1 Å². The number of amides is 1. The van der Waals surface area contributed by atoms with Gasteiger partial charge in [-0.2, -0.15) is 0 Å². The van der Waals surface area contributed by atoms with E-state index in [0.29, 0.717) is 0 Å². The quantitative estimate of drug-likeness (QED) is 0.648. The zero-order valence-electron chi connectivity index (χ0n) is 12.9. The molecule has 0 aliphatic carbocycles. The van der Waals surface area contributed by atoms with E-state index in [9.17, 15) is 28.1 Å². The molecule has 1 aromatic carbocycles. The van der Waals surface area contributed by atoms with Gasteiger partial charge in [0.05, 0.1) is 12.6 Å². The fourth-order valence-corrected chi connectivity index (χ4v) is 2.38. The Labute approximate surface area is 143 Å². The summed E-state index contributed by atoms with van der Waals surface area (Å²) >= 11 is 0. The molecule has 0 saturated heterocycles. The van der Waals surface area contributed by atoms with Gasteiger partial charge in [0.15, 0.2) is 0 Å². The van der Waals surface area contributed by atoms with Crippen LogP contribution in [-0.4, -0.2) is 39.4 Å². The molecule has 9 nitrogen and oxygen atoms in total. The summed E-state index contributed by atoms with van der Waals surface area (Å²) in [5, 5.41) is 13.3. The van der Waals surface area contributed by atoms with E-state index in [-0.39, 0.29) is 30.5 Å². The normalized spacial score (nSPS) is 16.3. The standard InChI is InChI=1S/C14H11F3N4O5/c15-14(16,17)26-10-3-1-2-8(4-10)12(22)18-9-5-20-6-11(21(23)24)19-13(20)25-7-9/h1-4,6,9H,5,7H2,(H,18,22)/t9-/m1/s1. The van der Waals surface area contributed by atoms with Crippen LogP contribution >= 0.6 is 0 Å². The van der Waals surface area contributed by atoms with E-state index in [1.165, 1.54) is 22.9 Å². The molecule has 3 rings (SSSR count). The monoisotopic (exact) mass is 372 g/mol. The number of hydrogen-bond acceptors (Lipinski definition) is 6. The van der Waals surface area contributed by atoms with Gasteiger partial charge in [0.25, 0.3) is 5.91 Å². The fraction of sp³-hybridized carbons (Fsp3) is 0.286. The van der Waals surface area contributed by atoms with Gasteiger partial charge in [0, 0.05) is 10.5 Å². The van der Waals surface area contributed by atoms with E-state index >= 15 is 0 Å². The molecular weight excluding hydrogens is 361 g/mol. The van der Waals surface area contributed by atoms with Crippen molar-refractivity contribution in [1.82, 2.24) is 14.9 Å². The van der Waals surface area contributed by atoms with Crippen molar-refractivity contribution in [3.8, 4) is 11.8 Å². The first-order valence-corrected chi connectivity index (χ1v) is 7.22. The van der Waals surface area contributed by atoms with Gasteiger partial charge in [-0.3, -0.25) is 9.36 Å². The lowest BCUT2D eigenvalue weighted by Gasteiger charge is -2.23. The Morgan fingerprint density at radius 1 is 1.46 bits per heavy atom. The molecule has 0 fully saturated rings. The van der Waals surface area contributed by atoms with E-state index in [0.717, 1.165) is 12.1 Å². The number of nitrogens with one attached hydrogen (secondary N) is 1. The van der Waals surface area contributed by atoms with E-state index < -0.39 is 29.0 Å². The van der Waals surface area contributed by atoms with E-state index in [4.69, 9.17) is 4.74 Å². The Kier molecular flexibility index (Phi) is 4.40. The molecule has 1 atom stereocenters. The molecule has 0 radical (unpaired) electrons.